The molecule has 0 bridgehead atoms. The molecule has 6 nitrogen and oxygen atoms in total. The van der Waals surface area contributed by atoms with Crippen molar-refractivity contribution < 1.29 is 28.5 Å². The van der Waals surface area contributed by atoms with Crippen LogP contribution in [0.3, 0.4) is 0 Å². The number of hydrogen-bond donors (Lipinski definition) is 0. The molecule has 0 unspecified atom stereocenters. The third kappa shape index (κ3) is 12.0. The Morgan fingerprint density at radius 3 is 1.74 bits per heavy atom. The van der Waals surface area contributed by atoms with Crippen LogP contribution in [0.2, 0.25) is 0 Å². The number of rotatable bonds is 23. The maximum atomic E-state index is 14.0. The standard InChI is InChI=1S/C36H54O6/c1-7-12-19-38-30-24-28(6)31(33(26-30)40-21-14-9-3)27-35(42-23-16-11-5)36(37)29-17-18-32(39-20-13-8-2)34(25-29)41-22-15-10-4/h17-18,24-27H,7-16,19-23H2,1-6H3/b35-27+. The van der Waals surface area contributed by atoms with Crippen molar-refractivity contribution in [2.75, 3.05) is 33.0 Å². The van der Waals surface area contributed by atoms with Gasteiger partial charge in [-0.05, 0) is 74.9 Å². The van der Waals surface area contributed by atoms with Crippen molar-refractivity contribution in [3.8, 4) is 23.0 Å². The highest BCUT2D eigenvalue weighted by molar-refractivity contribution is 6.10. The molecule has 6 heteroatoms. The molecule has 0 amide bonds. The average molecular weight is 583 g/mol. The third-order valence-corrected chi connectivity index (χ3v) is 6.82. The molecule has 0 spiro atoms. The Labute approximate surface area is 254 Å². The lowest BCUT2D eigenvalue weighted by Crippen LogP contribution is -2.10. The van der Waals surface area contributed by atoms with Crippen molar-refractivity contribution in [2.24, 2.45) is 0 Å². The van der Waals surface area contributed by atoms with Crippen molar-refractivity contribution in [1.82, 2.24) is 0 Å². The van der Waals surface area contributed by atoms with Gasteiger partial charge in [-0.3, -0.25) is 4.79 Å². The predicted octanol–water partition coefficient (Wildman–Crippen LogP) is 9.75. The van der Waals surface area contributed by atoms with Crippen LogP contribution in [0.1, 0.15) is 120 Å². The number of aryl methyl sites for hydroxylation is 1. The van der Waals surface area contributed by atoms with Crippen LogP contribution < -0.4 is 18.9 Å². The zero-order valence-corrected chi connectivity index (χ0v) is 27.0. The molecule has 0 aliphatic rings. The van der Waals surface area contributed by atoms with E-state index in [1.54, 1.807) is 12.1 Å². The maximum absolute atomic E-state index is 14.0. The number of ketones is 1. The minimum Gasteiger partial charge on any atom is -0.493 e. The second-order valence-corrected chi connectivity index (χ2v) is 10.7. The molecule has 42 heavy (non-hydrogen) atoms. The van der Waals surface area contributed by atoms with Gasteiger partial charge in [-0.1, -0.05) is 66.7 Å². The van der Waals surface area contributed by atoms with Crippen LogP contribution in [0, 0.1) is 6.92 Å². The number of unbranched alkanes of at least 4 members (excludes halogenated alkanes) is 5. The highest BCUT2D eigenvalue weighted by Gasteiger charge is 2.20. The number of benzene rings is 2. The fourth-order valence-corrected chi connectivity index (χ4v) is 4.09. The van der Waals surface area contributed by atoms with Crippen molar-refractivity contribution in [1.29, 1.82) is 0 Å². The SMILES string of the molecule is CCCCO/C(=C/c1c(C)cc(OCCCC)cc1OCCCC)C(=O)c1ccc(OCCCC)c(OCCCC)c1. The van der Waals surface area contributed by atoms with E-state index in [1.807, 2.05) is 31.2 Å². The highest BCUT2D eigenvalue weighted by atomic mass is 16.5. The molecule has 0 heterocycles. The molecular weight excluding hydrogens is 528 g/mol. The van der Waals surface area contributed by atoms with Crippen molar-refractivity contribution in [3.63, 3.8) is 0 Å². The molecule has 2 aromatic rings. The quantitative estimate of drug-likeness (QED) is 0.0562. The minimum atomic E-state index is -0.200. The number of ether oxygens (including phenoxy) is 5. The molecule has 0 aromatic heterocycles. The lowest BCUT2D eigenvalue weighted by molar-refractivity contribution is 0.0919. The first-order valence-corrected chi connectivity index (χ1v) is 16.2. The van der Waals surface area contributed by atoms with E-state index in [-0.39, 0.29) is 11.5 Å². The second-order valence-electron chi connectivity index (χ2n) is 10.7. The number of carbonyl (C=O) groups excluding carboxylic acids is 1. The number of Topliss-reactive ketones (excluding diaryl/α,β-unsaturated/α-hetero) is 1. The van der Waals surface area contributed by atoms with E-state index in [0.717, 1.165) is 81.1 Å². The van der Waals surface area contributed by atoms with Crippen molar-refractivity contribution in [3.05, 3.63) is 52.8 Å². The molecule has 2 rings (SSSR count). The summed E-state index contributed by atoms with van der Waals surface area (Å²) in [6.07, 6.45) is 11.6. The fraction of sp³-hybridized carbons (Fsp3) is 0.583. The predicted molar refractivity (Wildman–Crippen MR) is 172 cm³/mol. The molecule has 0 N–H and O–H groups in total. The molecule has 0 aliphatic carbocycles. The van der Waals surface area contributed by atoms with Gasteiger partial charge in [0.2, 0.25) is 5.78 Å². The van der Waals surface area contributed by atoms with Gasteiger partial charge in [0, 0.05) is 17.2 Å². The van der Waals surface area contributed by atoms with Crippen LogP contribution in [0.5, 0.6) is 23.0 Å². The molecule has 0 aliphatic heterocycles. The van der Waals surface area contributed by atoms with Crippen LogP contribution in [-0.4, -0.2) is 38.8 Å². The molecule has 2 aromatic carbocycles. The molecular formula is C36H54O6. The van der Waals surface area contributed by atoms with E-state index >= 15 is 0 Å². The Balaban J connectivity index is 2.50. The summed E-state index contributed by atoms with van der Waals surface area (Å²) in [5, 5.41) is 0. The van der Waals surface area contributed by atoms with Crippen LogP contribution >= 0.6 is 0 Å². The molecule has 0 radical (unpaired) electrons. The molecule has 0 saturated heterocycles. The Morgan fingerprint density at radius 2 is 1.14 bits per heavy atom. The zero-order valence-electron chi connectivity index (χ0n) is 27.0. The smallest absolute Gasteiger partial charge is 0.227 e. The Hall–Kier alpha value is -3.15. The van der Waals surface area contributed by atoms with Crippen molar-refractivity contribution >= 4 is 11.9 Å². The van der Waals surface area contributed by atoms with Gasteiger partial charge >= 0.3 is 0 Å². The van der Waals surface area contributed by atoms with E-state index in [9.17, 15) is 4.79 Å². The van der Waals surface area contributed by atoms with Gasteiger partial charge in [0.25, 0.3) is 0 Å². The van der Waals surface area contributed by atoms with E-state index in [1.165, 1.54) is 0 Å². The summed E-state index contributed by atoms with van der Waals surface area (Å²) < 4.78 is 30.4. The van der Waals surface area contributed by atoms with Gasteiger partial charge in [0.1, 0.15) is 11.5 Å². The lowest BCUT2D eigenvalue weighted by atomic mass is 10.0. The molecule has 0 saturated carbocycles. The summed E-state index contributed by atoms with van der Waals surface area (Å²) in [5.74, 6) is 2.81. The lowest BCUT2D eigenvalue weighted by Gasteiger charge is -2.17. The molecule has 0 atom stereocenters. The maximum Gasteiger partial charge on any atom is 0.227 e. The normalized spacial score (nSPS) is 11.3. The first-order valence-electron chi connectivity index (χ1n) is 16.2. The summed E-state index contributed by atoms with van der Waals surface area (Å²) >= 11 is 0. The van der Waals surface area contributed by atoms with E-state index in [4.69, 9.17) is 23.7 Å². The van der Waals surface area contributed by atoms with E-state index in [0.29, 0.717) is 55.8 Å². The first-order chi connectivity index (χ1) is 20.5. The van der Waals surface area contributed by atoms with Gasteiger partial charge in [0.05, 0.1) is 33.0 Å². The first kappa shape index (κ1) is 35.0. The summed E-state index contributed by atoms with van der Waals surface area (Å²) in [5.41, 5.74) is 2.29. The van der Waals surface area contributed by atoms with Gasteiger partial charge in [-0.2, -0.15) is 0 Å². The average Bonchev–Trinajstić information content (AvgIpc) is 2.98. The molecule has 0 fully saturated rings. The summed E-state index contributed by atoms with van der Waals surface area (Å²) in [6, 6.07) is 9.35. The third-order valence-electron chi connectivity index (χ3n) is 6.82. The number of carbonyl (C=O) groups is 1. The fourth-order valence-electron chi connectivity index (χ4n) is 4.09. The van der Waals surface area contributed by atoms with Crippen LogP contribution in [0.15, 0.2) is 36.1 Å². The Morgan fingerprint density at radius 1 is 0.619 bits per heavy atom. The topological polar surface area (TPSA) is 63.2 Å². The Bertz CT molecular complexity index is 1090. The van der Waals surface area contributed by atoms with Crippen LogP contribution in [0.4, 0.5) is 0 Å². The summed E-state index contributed by atoms with van der Waals surface area (Å²) in [4.78, 5) is 14.0. The second kappa shape index (κ2) is 20.7. The monoisotopic (exact) mass is 582 g/mol. The molecule has 234 valence electrons. The van der Waals surface area contributed by atoms with E-state index in [2.05, 4.69) is 34.6 Å². The van der Waals surface area contributed by atoms with Crippen LogP contribution in [-0.2, 0) is 4.74 Å². The van der Waals surface area contributed by atoms with Gasteiger partial charge < -0.3 is 23.7 Å². The van der Waals surface area contributed by atoms with Gasteiger partial charge in [0.15, 0.2) is 17.3 Å². The van der Waals surface area contributed by atoms with E-state index < -0.39 is 0 Å². The Kier molecular flexibility index (Phi) is 17.3. The number of hydrogen-bond acceptors (Lipinski definition) is 6. The summed E-state index contributed by atoms with van der Waals surface area (Å²) in [6.45, 7) is 15.5. The highest BCUT2D eigenvalue weighted by Crippen LogP contribution is 2.34. The van der Waals surface area contributed by atoms with Crippen molar-refractivity contribution in [2.45, 2.75) is 106 Å². The van der Waals surface area contributed by atoms with Crippen LogP contribution in [0.25, 0.3) is 6.08 Å². The largest absolute Gasteiger partial charge is 0.493 e. The minimum absolute atomic E-state index is 0.200. The summed E-state index contributed by atoms with van der Waals surface area (Å²) in [7, 11) is 0. The number of allylic oxidation sites excluding steroid dienone is 1. The zero-order chi connectivity index (χ0) is 30.6. The van der Waals surface area contributed by atoms with Gasteiger partial charge in [-0.15, -0.1) is 0 Å². The van der Waals surface area contributed by atoms with Gasteiger partial charge in [-0.25, -0.2) is 0 Å².